The molecule has 0 radical (unpaired) electrons. The van der Waals surface area contributed by atoms with Gasteiger partial charge in [0.25, 0.3) is 0 Å². The first-order valence-electron chi connectivity index (χ1n) is 3.25. The molecule has 0 unspecified atom stereocenters. The molecule has 2 nitrogen and oxygen atoms in total. The molecule has 4 heteroatoms. The maximum atomic E-state index is 10.1. The van der Waals surface area contributed by atoms with Crippen molar-refractivity contribution in [3.63, 3.8) is 0 Å². The standard InChI is InChI=1S/C9H8O2.2K.2H/c10-9(11)7-6-8-4-2-1-3-5-8;;;;/h1-7H,(H,10,11);;;;/b7-6+;;;;. The molecule has 60 valence electrons. The quantitative estimate of drug-likeness (QED) is 0.591. The summed E-state index contributed by atoms with van der Waals surface area (Å²) in [6.45, 7) is 0. The van der Waals surface area contributed by atoms with Crippen LogP contribution in [0.4, 0.5) is 0 Å². The third-order valence-corrected chi connectivity index (χ3v) is 1.22. The third-order valence-electron chi connectivity index (χ3n) is 1.22. The molecule has 0 aliphatic heterocycles. The predicted molar refractivity (Wildman–Crippen MR) is 57.4 cm³/mol. The molecule has 1 rings (SSSR count). The number of carboxylic acid groups (broad SMARTS) is 1. The van der Waals surface area contributed by atoms with Crippen molar-refractivity contribution in [1.29, 1.82) is 0 Å². The normalized spacial score (nSPS) is 8.62. The Bertz CT molecular complexity index is 270. The Morgan fingerprint density at radius 2 is 1.69 bits per heavy atom. The molecule has 1 aromatic carbocycles. The SMILES string of the molecule is O=C(O)/C=C/c1ccccc1.[KH].[KH]. The van der Waals surface area contributed by atoms with Crippen LogP contribution in [0.3, 0.4) is 0 Å². The van der Waals surface area contributed by atoms with Gasteiger partial charge in [0.15, 0.2) is 0 Å². The number of carboxylic acids is 1. The van der Waals surface area contributed by atoms with E-state index in [0.717, 1.165) is 11.6 Å². The number of hydrogen-bond donors (Lipinski definition) is 1. The molecule has 0 saturated carbocycles. The molecule has 13 heavy (non-hydrogen) atoms. The number of rotatable bonds is 2. The van der Waals surface area contributed by atoms with Gasteiger partial charge in [0.1, 0.15) is 0 Å². The molecular weight excluding hydrogens is 218 g/mol. The predicted octanol–water partition coefficient (Wildman–Crippen LogP) is 0.487. The number of carbonyl (C=O) groups is 1. The van der Waals surface area contributed by atoms with Crippen molar-refractivity contribution in [3.05, 3.63) is 42.0 Å². The fourth-order valence-electron chi connectivity index (χ4n) is 0.732. The molecule has 1 aromatic rings. The fourth-order valence-corrected chi connectivity index (χ4v) is 0.732. The van der Waals surface area contributed by atoms with Crippen molar-refractivity contribution in [2.45, 2.75) is 0 Å². The number of aliphatic carboxylic acids is 1. The molecule has 0 aliphatic rings. The van der Waals surface area contributed by atoms with Gasteiger partial charge in [-0.3, -0.25) is 0 Å². The third kappa shape index (κ3) is 8.68. The zero-order valence-corrected chi connectivity index (χ0v) is 5.90. The first kappa shape index (κ1) is 17.1. The van der Waals surface area contributed by atoms with Gasteiger partial charge in [-0.1, -0.05) is 30.3 Å². The van der Waals surface area contributed by atoms with Crippen LogP contribution in [-0.4, -0.2) is 114 Å². The van der Waals surface area contributed by atoms with E-state index in [1.54, 1.807) is 6.08 Å². The maximum absolute atomic E-state index is 10.1. The topological polar surface area (TPSA) is 37.3 Å². The van der Waals surface area contributed by atoms with Crippen LogP contribution in [0.5, 0.6) is 0 Å². The van der Waals surface area contributed by atoms with E-state index >= 15 is 0 Å². The van der Waals surface area contributed by atoms with Gasteiger partial charge in [-0.15, -0.1) is 0 Å². The summed E-state index contributed by atoms with van der Waals surface area (Å²) in [5.41, 5.74) is 0.898. The van der Waals surface area contributed by atoms with Gasteiger partial charge in [0.2, 0.25) is 0 Å². The second-order valence-corrected chi connectivity index (χ2v) is 2.08. The van der Waals surface area contributed by atoms with E-state index in [1.165, 1.54) is 0 Å². The molecule has 0 heterocycles. The Morgan fingerprint density at radius 1 is 1.15 bits per heavy atom. The van der Waals surface area contributed by atoms with Crippen molar-refractivity contribution < 1.29 is 9.90 Å². The summed E-state index contributed by atoms with van der Waals surface area (Å²) >= 11 is 0. The Morgan fingerprint density at radius 3 is 2.15 bits per heavy atom. The second-order valence-electron chi connectivity index (χ2n) is 2.08. The Kier molecular flexibility index (Phi) is 13.5. The first-order valence-corrected chi connectivity index (χ1v) is 3.25. The fraction of sp³-hybridized carbons (Fsp3) is 0. The van der Waals surface area contributed by atoms with Crippen LogP contribution in [0, 0.1) is 0 Å². The average molecular weight is 228 g/mol. The summed E-state index contributed by atoms with van der Waals surface area (Å²) in [7, 11) is 0. The van der Waals surface area contributed by atoms with Crippen molar-refractivity contribution in [2.75, 3.05) is 0 Å². The summed E-state index contributed by atoms with van der Waals surface area (Å²) in [4.78, 5) is 10.1. The molecule has 0 fully saturated rings. The minimum absolute atomic E-state index is 0. The molecule has 0 saturated heterocycles. The first-order chi connectivity index (χ1) is 5.29. The number of benzene rings is 1. The zero-order valence-electron chi connectivity index (χ0n) is 5.90. The zero-order chi connectivity index (χ0) is 8.10. The summed E-state index contributed by atoms with van der Waals surface area (Å²) in [5, 5.41) is 8.29. The van der Waals surface area contributed by atoms with Crippen molar-refractivity contribution in [3.8, 4) is 0 Å². The van der Waals surface area contributed by atoms with Crippen LogP contribution >= 0.6 is 0 Å². The summed E-state index contributed by atoms with van der Waals surface area (Å²) in [6, 6.07) is 9.31. The van der Waals surface area contributed by atoms with Gasteiger partial charge in [0, 0.05) is 6.08 Å². The van der Waals surface area contributed by atoms with Crippen LogP contribution in [0.15, 0.2) is 36.4 Å². The summed E-state index contributed by atoms with van der Waals surface area (Å²) in [6.07, 6.45) is 2.68. The monoisotopic (exact) mass is 228 g/mol. The molecule has 1 N–H and O–H groups in total. The molecule has 0 aromatic heterocycles. The summed E-state index contributed by atoms with van der Waals surface area (Å²) in [5.74, 6) is -0.922. The minimum atomic E-state index is -0.922. The Hall–Kier alpha value is 1.70. The van der Waals surface area contributed by atoms with Gasteiger partial charge in [-0.2, -0.15) is 0 Å². The van der Waals surface area contributed by atoms with Crippen LogP contribution in [-0.2, 0) is 4.79 Å². The van der Waals surface area contributed by atoms with Crippen LogP contribution in [0.1, 0.15) is 5.56 Å². The average Bonchev–Trinajstić information content (AvgIpc) is 2.03. The van der Waals surface area contributed by atoms with E-state index < -0.39 is 5.97 Å². The van der Waals surface area contributed by atoms with Crippen molar-refractivity contribution in [1.82, 2.24) is 0 Å². The molecule has 0 aliphatic carbocycles. The van der Waals surface area contributed by atoms with E-state index in [4.69, 9.17) is 5.11 Å². The second kappa shape index (κ2) is 10.2. The van der Waals surface area contributed by atoms with Crippen LogP contribution in [0.2, 0.25) is 0 Å². The van der Waals surface area contributed by atoms with E-state index in [2.05, 4.69) is 0 Å². The molecule has 0 spiro atoms. The van der Waals surface area contributed by atoms with Gasteiger partial charge >= 0.3 is 109 Å². The molecule has 0 bridgehead atoms. The van der Waals surface area contributed by atoms with Gasteiger partial charge in [0.05, 0.1) is 0 Å². The van der Waals surface area contributed by atoms with Crippen LogP contribution in [0.25, 0.3) is 6.08 Å². The van der Waals surface area contributed by atoms with Gasteiger partial charge in [-0.25, -0.2) is 4.79 Å². The van der Waals surface area contributed by atoms with Gasteiger partial charge in [-0.05, 0) is 11.6 Å². The van der Waals surface area contributed by atoms with Crippen molar-refractivity contribution >= 4 is 115 Å². The number of hydrogen-bond acceptors (Lipinski definition) is 1. The van der Waals surface area contributed by atoms with E-state index in [0.29, 0.717) is 0 Å². The summed E-state index contributed by atoms with van der Waals surface area (Å²) < 4.78 is 0. The van der Waals surface area contributed by atoms with E-state index in [9.17, 15) is 4.79 Å². The molecular formula is C9H10K2O2. The Labute approximate surface area is 163 Å². The van der Waals surface area contributed by atoms with Gasteiger partial charge < -0.3 is 5.11 Å². The van der Waals surface area contributed by atoms with Crippen molar-refractivity contribution in [2.24, 2.45) is 0 Å². The molecule has 0 amide bonds. The van der Waals surface area contributed by atoms with E-state index in [1.807, 2.05) is 30.3 Å². The molecule has 0 atom stereocenters. The van der Waals surface area contributed by atoms with E-state index in [-0.39, 0.29) is 103 Å². The van der Waals surface area contributed by atoms with Crippen LogP contribution < -0.4 is 0 Å². The Balaban J connectivity index is 0.